The number of rotatable bonds is 4. The van der Waals surface area contributed by atoms with Crippen LogP contribution < -0.4 is 14.5 Å². The third-order valence-corrected chi connectivity index (χ3v) is 4.99. The monoisotopic (exact) mass is 360 g/mol. The number of hydrogen-bond donors (Lipinski definition) is 0. The maximum Gasteiger partial charge on any atom is 0.339 e. The average Bonchev–Trinajstić information content (AvgIpc) is 2.55. The molecule has 0 aliphatic carbocycles. The second-order valence-electron chi connectivity index (χ2n) is 5.60. The van der Waals surface area contributed by atoms with Gasteiger partial charge in [-0.1, -0.05) is 17.7 Å². The summed E-state index contributed by atoms with van der Waals surface area (Å²) >= 11 is 0. The summed E-state index contributed by atoms with van der Waals surface area (Å²) in [6.07, 6.45) is 0. The van der Waals surface area contributed by atoms with Crippen LogP contribution in [-0.2, 0) is 10.1 Å². The van der Waals surface area contributed by atoms with E-state index >= 15 is 0 Å². The van der Waals surface area contributed by atoms with Crippen molar-refractivity contribution < 1.29 is 21.8 Å². The molecular formula is C18H16O6S. The van der Waals surface area contributed by atoms with Gasteiger partial charge in [-0.25, -0.2) is 4.79 Å². The lowest BCUT2D eigenvalue weighted by Crippen LogP contribution is -2.10. The predicted octanol–water partition coefficient (Wildman–Crippen LogP) is 3.19. The zero-order valence-electron chi connectivity index (χ0n) is 13.9. The van der Waals surface area contributed by atoms with E-state index < -0.39 is 15.7 Å². The van der Waals surface area contributed by atoms with Gasteiger partial charge < -0.3 is 13.3 Å². The minimum absolute atomic E-state index is 0.0209. The topological polar surface area (TPSA) is 82.8 Å². The Hall–Kier alpha value is -2.80. The van der Waals surface area contributed by atoms with Crippen molar-refractivity contribution in [2.45, 2.75) is 18.7 Å². The van der Waals surface area contributed by atoms with Crippen molar-refractivity contribution >= 4 is 21.1 Å². The molecule has 1 aromatic heterocycles. The van der Waals surface area contributed by atoms with E-state index in [1.54, 1.807) is 19.1 Å². The fourth-order valence-electron chi connectivity index (χ4n) is 2.42. The van der Waals surface area contributed by atoms with Gasteiger partial charge in [0.15, 0.2) is 11.5 Å². The van der Waals surface area contributed by atoms with Gasteiger partial charge in [-0.2, -0.15) is 8.42 Å². The van der Waals surface area contributed by atoms with Crippen LogP contribution in [0.3, 0.4) is 0 Å². The Labute approximate surface area is 144 Å². The lowest BCUT2D eigenvalue weighted by molar-refractivity contribution is 0.390. The molecule has 0 unspecified atom stereocenters. The molecule has 7 heteroatoms. The summed E-state index contributed by atoms with van der Waals surface area (Å²) in [4.78, 5) is 11.5. The number of benzene rings is 2. The standard InChI is InChI=1S/C18H16O6S/c1-11-4-6-13(7-5-11)25(20,21)24-17-9-14-12(2)8-18(19)23-15(14)10-16(17)22-3/h4-10H,1-3H3. The van der Waals surface area contributed by atoms with Crippen LogP contribution >= 0.6 is 0 Å². The molecule has 130 valence electrons. The number of hydrogen-bond acceptors (Lipinski definition) is 6. The van der Waals surface area contributed by atoms with Gasteiger partial charge in [0.2, 0.25) is 0 Å². The van der Waals surface area contributed by atoms with E-state index in [9.17, 15) is 13.2 Å². The van der Waals surface area contributed by atoms with Gasteiger partial charge >= 0.3 is 15.7 Å². The summed E-state index contributed by atoms with van der Waals surface area (Å²) in [6.45, 7) is 3.59. The molecule has 0 N–H and O–H groups in total. The van der Waals surface area contributed by atoms with Crippen LogP contribution in [0, 0.1) is 13.8 Å². The molecular weight excluding hydrogens is 344 g/mol. The predicted molar refractivity (Wildman–Crippen MR) is 92.8 cm³/mol. The zero-order valence-corrected chi connectivity index (χ0v) is 14.7. The molecule has 6 nitrogen and oxygen atoms in total. The summed E-state index contributed by atoms with van der Waals surface area (Å²) in [7, 11) is -2.65. The van der Waals surface area contributed by atoms with Crippen LogP contribution in [0.25, 0.3) is 11.0 Å². The van der Waals surface area contributed by atoms with Gasteiger partial charge in [-0.05, 0) is 37.6 Å². The van der Waals surface area contributed by atoms with Gasteiger partial charge in [0.25, 0.3) is 0 Å². The molecule has 0 bridgehead atoms. The van der Waals surface area contributed by atoms with Crippen molar-refractivity contribution in [2.75, 3.05) is 7.11 Å². The Bertz CT molecular complexity index is 1090. The molecule has 0 atom stereocenters. The Morgan fingerprint density at radius 1 is 0.960 bits per heavy atom. The molecule has 25 heavy (non-hydrogen) atoms. The van der Waals surface area contributed by atoms with Gasteiger partial charge in [0.05, 0.1) is 7.11 Å². The van der Waals surface area contributed by atoms with E-state index in [-0.39, 0.29) is 16.4 Å². The van der Waals surface area contributed by atoms with Crippen molar-refractivity contribution in [2.24, 2.45) is 0 Å². The smallest absolute Gasteiger partial charge is 0.339 e. The Balaban J connectivity index is 2.11. The van der Waals surface area contributed by atoms with Crippen molar-refractivity contribution in [3.8, 4) is 11.5 Å². The minimum Gasteiger partial charge on any atom is -0.493 e. The highest BCUT2D eigenvalue weighted by molar-refractivity contribution is 7.87. The van der Waals surface area contributed by atoms with Crippen molar-refractivity contribution in [1.29, 1.82) is 0 Å². The Kier molecular flexibility index (Phi) is 4.26. The van der Waals surface area contributed by atoms with Gasteiger partial charge in [0.1, 0.15) is 10.5 Å². The lowest BCUT2D eigenvalue weighted by Gasteiger charge is -2.12. The van der Waals surface area contributed by atoms with Crippen molar-refractivity contribution in [3.63, 3.8) is 0 Å². The molecule has 3 rings (SSSR count). The van der Waals surface area contributed by atoms with Gasteiger partial charge in [-0.15, -0.1) is 0 Å². The minimum atomic E-state index is -4.02. The summed E-state index contributed by atoms with van der Waals surface area (Å²) in [5.41, 5.74) is 1.38. The first-order chi connectivity index (χ1) is 11.8. The Morgan fingerprint density at radius 2 is 1.64 bits per heavy atom. The SMILES string of the molecule is COc1cc2oc(=O)cc(C)c2cc1OS(=O)(=O)c1ccc(C)cc1. The summed E-state index contributed by atoms with van der Waals surface area (Å²) in [6, 6.07) is 10.6. The second-order valence-corrected chi connectivity index (χ2v) is 7.14. The molecule has 0 fully saturated rings. The van der Waals surface area contributed by atoms with Crippen LogP contribution in [0.1, 0.15) is 11.1 Å². The third kappa shape index (κ3) is 3.36. The van der Waals surface area contributed by atoms with Crippen molar-refractivity contribution in [1.82, 2.24) is 0 Å². The molecule has 0 saturated carbocycles. The van der Waals surface area contributed by atoms with Crippen molar-refractivity contribution in [3.05, 3.63) is 64.0 Å². The quantitative estimate of drug-likeness (QED) is 0.525. The number of fused-ring (bicyclic) bond motifs is 1. The highest BCUT2D eigenvalue weighted by Gasteiger charge is 2.20. The molecule has 0 saturated heterocycles. The molecule has 0 amide bonds. The molecule has 2 aromatic carbocycles. The fourth-order valence-corrected chi connectivity index (χ4v) is 3.35. The Morgan fingerprint density at radius 3 is 2.28 bits per heavy atom. The van der Waals surface area contributed by atoms with Crippen LogP contribution in [0.4, 0.5) is 0 Å². The molecule has 0 radical (unpaired) electrons. The van der Waals surface area contributed by atoms with Crippen LogP contribution in [0.15, 0.2) is 56.6 Å². The van der Waals surface area contributed by atoms with E-state index in [1.165, 1.54) is 37.4 Å². The number of ether oxygens (including phenoxy) is 1. The van der Waals surface area contributed by atoms with Crippen LogP contribution in [-0.4, -0.2) is 15.5 Å². The lowest BCUT2D eigenvalue weighted by atomic mass is 10.1. The molecule has 3 aromatic rings. The maximum absolute atomic E-state index is 12.5. The molecule has 1 heterocycles. The summed E-state index contributed by atoms with van der Waals surface area (Å²) in [5.74, 6) is 0.171. The maximum atomic E-state index is 12.5. The highest BCUT2D eigenvalue weighted by atomic mass is 32.2. The average molecular weight is 360 g/mol. The highest BCUT2D eigenvalue weighted by Crippen LogP contribution is 2.35. The second kappa shape index (κ2) is 6.25. The normalized spacial score (nSPS) is 11.5. The van der Waals surface area contributed by atoms with Crippen LogP contribution in [0.2, 0.25) is 0 Å². The van der Waals surface area contributed by atoms with E-state index in [2.05, 4.69) is 0 Å². The summed E-state index contributed by atoms with van der Waals surface area (Å²) in [5, 5.41) is 0.564. The molecule has 0 spiro atoms. The zero-order chi connectivity index (χ0) is 18.2. The van der Waals surface area contributed by atoms with Gasteiger partial charge in [0, 0.05) is 17.5 Å². The van der Waals surface area contributed by atoms with E-state index in [0.29, 0.717) is 16.5 Å². The van der Waals surface area contributed by atoms with Gasteiger partial charge in [-0.3, -0.25) is 0 Å². The summed E-state index contributed by atoms with van der Waals surface area (Å²) < 4.78 is 40.6. The molecule has 0 aliphatic rings. The largest absolute Gasteiger partial charge is 0.493 e. The first-order valence-corrected chi connectivity index (χ1v) is 8.84. The van der Waals surface area contributed by atoms with E-state index in [4.69, 9.17) is 13.3 Å². The van der Waals surface area contributed by atoms with E-state index in [1.807, 2.05) is 6.92 Å². The van der Waals surface area contributed by atoms with Crippen LogP contribution in [0.5, 0.6) is 11.5 Å². The molecule has 0 aliphatic heterocycles. The third-order valence-electron chi connectivity index (χ3n) is 3.74. The first kappa shape index (κ1) is 17.0. The number of methoxy groups -OCH3 is 1. The van der Waals surface area contributed by atoms with E-state index in [0.717, 1.165) is 5.56 Å². The number of aryl methyl sites for hydroxylation is 2. The fraction of sp³-hybridized carbons (Fsp3) is 0.167. The first-order valence-electron chi connectivity index (χ1n) is 7.44.